The number of likely N-dealkylation sites (tertiary alicyclic amines) is 1. The predicted octanol–water partition coefficient (Wildman–Crippen LogP) is 8.07. The van der Waals surface area contributed by atoms with Gasteiger partial charge in [0.2, 0.25) is 5.91 Å². The minimum absolute atomic E-state index is 0.0976. The highest BCUT2D eigenvalue weighted by Crippen LogP contribution is 2.41. The van der Waals surface area contributed by atoms with E-state index in [-0.39, 0.29) is 35.1 Å². The smallest absolute Gasteiger partial charge is 0.254 e. The Hall–Kier alpha value is -7.91. The lowest BCUT2D eigenvalue weighted by Crippen LogP contribution is -2.46. The van der Waals surface area contributed by atoms with Gasteiger partial charge in [0.05, 0.1) is 22.5 Å². The van der Waals surface area contributed by atoms with Crippen LogP contribution in [0.15, 0.2) is 110 Å². The van der Waals surface area contributed by atoms with E-state index in [0.717, 1.165) is 106 Å². The molecule has 12 rings (SSSR count). The second-order valence-corrected chi connectivity index (χ2v) is 19.3. The van der Waals surface area contributed by atoms with Gasteiger partial charge in [0, 0.05) is 101 Å². The third kappa shape index (κ3) is 7.44. The largest absolute Gasteiger partial charge is 0.348 e. The maximum Gasteiger partial charge on any atom is 0.254 e. The summed E-state index contributed by atoms with van der Waals surface area (Å²) in [5.74, 6) is 1.42. The number of benzene rings is 2. The average molecular weight is 917 g/mol. The summed E-state index contributed by atoms with van der Waals surface area (Å²) in [5, 5.41) is 18.8. The van der Waals surface area contributed by atoms with Crippen LogP contribution in [0.25, 0.3) is 44.3 Å². The number of aromatic nitrogens is 6. The van der Waals surface area contributed by atoms with Crippen LogP contribution >= 0.6 is 0 Å². The van der Waals surface area contributed by atoms with Gasteiger partial charge in [0.25, 0.3) is 11.8 Å². The van der Waals surface area contributed by atoms with E-state index in [1.807, 2.05) is 92.1 Å². The summed E-state index contributed by atoms with van der Waals surface area (Å²) >= 11 is 0. The highest BCUT2D eigenvalue weighted by atomic mass is 16.2. The molecule has 4 aliphatic heterocycles. The molecule has 2 fully saturated rings. The molecule has 15 heteroatoms. The first kappa shape index (κ1) is 42.4. The van der Waals surface area contributed by atoms with Gasteiger partial charge in [-0.25, -0.2) is 19.9 Å². The van der Waals surface area contributed by atoms with Gasteiger partial charge in [-0.1, -0.05) is 31.2 Å². The van der Waals surface area contributed by atoms with Crippen molar-refractivity contribution in [3.8, 4) is 22.3 Å². The highest BCUT2D eigenvalue weighted by Gasteiger charge is 2.35. The summed E-state index contributed by atoms with van der Waals surface area (Å²) in [5.41, 5.74) is 12.6. The standard InChI is InChI=1S/C54H52N12O3/c1-54(33-5-11-46(59-27-33)63-44-8-6-35(41-28-60-52(68)48(41)44)37-12-18-56-50-39(37)15-22-65(50)3)17-20-55-34(25-54)30-66-23-16-40-38(13-19-57-51(40)66)36-7-9-43(49-42(36)29-61-53(49)69)62-45-10-4-32(26-58-45)31-14-21-64(2)47(67)24-31/h4-13,15-16,18-19,22-23,26-27,31,34,55H,14,17,20-21,24-25,28-30H2,1-3H3,(H,58,62)(H,59,63)(H,60,68)(H,61,69). The number of rotatable bonds is 10. The zero-order valence-electron chi connectivity index (χ0n) is 38.8. The Morgan fingerprint density at radius 3 is 1.97 bits per heavy atom. The monoisotopic (exact) mass is 916 g/mol. The molecule has 0 bridgehead atoms. The van der Waals surface area contributed by atoms with Crippen LogP contribution in [0.5, 0.6) is 0 Å². The van der Waals surface area contributed by atoms with Crippen LogP contribution in [-0.2, 0) is 36.9 Å². The third-order valence-corrected chi connectivity index (χ3v) is 15.1. The van der Waals surface area contributed by atoms with Gasteiger partial charge in [0.1, 0.15) is 22.9 Å². The van der Waals surface area contributed by atoms with E-state index in [2.05, 4.69) is 84.6 Å². The number of nitrogens with zero attached hydrogens (tertiary/aromatic N) is 7. The number of hydrogen-bond donors (Lipinski definition) is 5. The van der Waals surface area contributed by atoms with Crippen molar-refractivity contribution in [1.29, 1.82) is 0 Å². The molecule has 346 valence electrons. The van der Waals surface area contributed by atoms with E-state index >= 15 is 0 Å². The van der Waals surface area contributed by atoms with Crippen molar-refractivity contribution in [2.24, 2.45) is 7.05 Å². The molecule has 0 saturated carbocycles. The zero-order chi connectivity index (χ0) is 47.0. The molecule has 4 aliphatic rings. The molecule has 5 N–H and O–H groups in total. The number of nitrogens with one attached hydrogen (secondary N) is 5. The van der Waals surface area contributed by atoms with E-state index in [1.165, 1.54) is 5.56 Å². The van der Waals surface area contributed by atoms with Gasteiger partial charge in [-0.05, 0) is 130 Å². The summed E-state index contributed by atoms with van der Waals surface area (Å²) in [6.07, 6.45) is 14.9. The molecule has 2 aromatic carbocycles. The fraction of sp³-hybridized carbons (Fsp3) is 0.278. The van der Waals surface area contributed by atoms with Crippen LogP contribution in [0.2, 0.25) is 0 Å². The minimum Gasteiger partial charge on any atom is -0.348 e. The van der Waals surface area contributed by atoms with Gasteiger partial charge < -0.3 is 40.6 Å². The Labute approximate surface area is 398 Å². The summed E-state index contributed by atoms with van der Waals surface area (Å²) in [4.78, 5) is 59.8. The quantitative estimate of drug-likeness (QED) is 0.0903. The van der Waals surface area contributed by atoms with Crippen molar-refractivity contribution < 1.29 is 14.4 Å². The van der Waals surface area contributed by atoms with E-state index in [1.54, 1.807) is 4.90 Å². The lowest BCUT2D eigenvalue weighted by atomic mass is 9.73. The normalized spacial score (nSPS) is 20.0. The maximum atomic E-state index is 13.4. The summed E-state index contributed by atoms with van der Waals surface area (Å²) in [6, 6.07) is 24.7. The predicted molar refractivity (Wildman–Crippen MR) is 267 cm³/mol. The Balaban J connectivity index is 0.746. The molecule has 0 spiro atoms. The molecule has 69 heavy (non-hydrogen) atoms. The van der Waals surface area contributed by atoms with Crippen molar-refractivity contribution in [3.05, 3.63) is 143 Å². The first-order valence-electron chi connectivity index (χ1n) is 23.8. The van der Waals surface area contributed by atoms with E-state index in [0.29, 0.717) is 48.0 Å². The number of piperidine rings is 2. The third-order valence-electron chi connectivity index (χ3n) is 15.1. The molecule has 3 atom stereocenters. The van der Waals surface area contributed by atoms with Crippen LogP contribution in [0, 0.1) is 0 Å². The Bertz CT molecular complexity index is 3380. The van der Waals surface area contributed by atoms with Crippen LogP contribution in [0.1, 0.15) is 81.5 Å². The number of anilines is 4. The van der Waals surface area contributed by atoms with Crippen molar-refractivity contribution in [3.63, 3.8) is 0 Å². The molecule has 8 aromatic rings. The molecular formula is C54H52N12O3. The van der Waals surface area contributed by atoms with Gasteiger partial charge >= 0.3 is 0 Å². The van der Waals surface area contributed by atoms with Crippen LogP contribution < -0.4 is 26.6 Å². The zero-order valence-corrected chi connectivity index (χ0v) is 38.8. The van der Waals surface area contributed by atoms with Crippen molar-refractivity contribution >= 4 is 62.8 Å². The molecule has 10 heterocycles. The Morgan fingerprint density at radius 2 is 1.33 bits per heavy atom. The lowest BCUT2D eigenvalue weighted by Gasteiger charge is -2.39. The van der Waals surface area contributed by atoms with E-state index in [4.69, 9.17) is 9.97 Å². The Kier molecular flexibility index (Phi) is 10.3. The van der Waals surface area contributed by atoms with Gasteiger partial charge in [-0.2, -0.15) is 0 Å². The number of carbonyl (C=O) groups excluding carboxylic acids is 3. The molecule has 6 aromatic heterocycles. The highest BCUT2D eigenvalue weighted by molar-refractivity contribution is 6.09. The van der Waals surface area contributed by atoms with Crippen molar-refractivity contribution in [2.75, 3.05) is 30.8 Å². The summed E-state index contributed by atoms with van der Waals surface area (Å²) in [7, 11) is 3.84. The topological polar surface area (TPSA) is 176 Å². The number of fused-ring (bicyclic) bond motifs is 4. The molecule has 2 saturated heterocycles. The molecule has 15 nitrogen and oxygen atoms in total. The second-order valence-electron chi connectivity index (χ2n) is 19.3. The minimum atomic E-state index is -0.121. The number of pyridine rings is 4. The molecule has 3 unspecified atom stereocenters. The molecule has 0 aliphatic carbocycles. The fourth-order valence-corrected chi connectivity index (χ4v) is 11.2. The van der Waals surface area contributed by atoms with Crippen molar-refractivity contribution in [1.82, 2.24) is 49.9 Å². The van der Waals surface area contributed by atoms with Gasteiger partial charge in [-0.3, -0.25) is 14.4 Å². The maximum absolute atomic E-state index is 13.4. The SMILES string of the molecule is CN1CCC(c2ccc(Nc3ccc(-c4ccnc5c4ccn5CC4CC(C)(c5ccc(Nc6ccc(-c7ccnc8c7ccn8C)c7c6C(=O)NC7)nc5)CCN4)c4c3C(=O)NC4)nc2)CC1=O. The van der Waals surface area contributed by atoms with E-state index in [9.17, 15) is 14.4 Å². The molecule has 3 amide bonds. The summed E-state index contributed by atoms with van der Waals surface area (Å²) in [6.45, 7) is 5.56. The number of aryl methyl sites for hydroxylation is 1. The van der Waals surface area contributed by atoms with Crippen LogP contribution in [0.3, 0.4) is 0 Å². The summed E-state index contributed by atoms with van der Waals surface area (Å²) < 4.78 is 4.24. The van der Waals surface area contributed by atoms with Crippen LogP contribution in [-0.4, -0.2) is 77.9 Å². The van der Waals surface area contributed by atoms with Crippen molar-refractivity contribution in [2.45, 2.75) is 69.6 Å². The van der Waals surface area contributed by atoms with Gasteiger partial charge in [-0.15, -0.1) is 0 Å². The van der Waals surface area contributed by atoms with Gasteiger partial charge in [0.15, 0.2) is 0 Å². The fourth-order valence-electron chi connectivity index (χ4n) is 11.2. The van der Waals surface area contributed by atoms with E-state index < -0.39 is 0 Å². The molecule has 0 radical (unpaired) electrons. The molecular weight excluding hydrogens is 865 g/mol. The number of hydrogen-bond acceptors (Lipinski definition) is 10. The Morgan fingerprint density at radius 1 is 0.696 bits per heavy atom. The number of carbonyl (C=O) groups is 3. The first-order chi connectivity index (χ1) is 33.6. The van der Waals surface area contributed by atoms with Crippen LogP contribution in [0.4, 0.5) is 23.0 Å². The first-order valence-corrected chi connectivity index (χ1v) is 23.8. The second kappa shape index (κ2) is 16.7. The average Bonchev–Trinajstić information content (AvgIpc) is 4.17. The lowest BCUT2D eigenvalue weighted by molar-refractivity contribution is -0.132. The number of amides is 3.